The minimum absolute atomic E-state index is 0.286. The van der Waals surface area contributed by atoms with Gasteiger partial charge in [-0.3, -0.25) is 0 Å². The van der Waals surface area contributed by atoms with E-state index in [-0.39, 0.29) is 6.10 Å². The normalized spacial score (nSPS) is 20.2. The van der Waals surface area contributed by atoms with Gasteiger partial charge in [-0.15, -0.1) is 16.7 Å². The molecule has 0 aromatic carbocycles. The van der Waals surface area contributed by atoms with Crippen LogP contribution in [0.4, 0.5) is 6.01 Å². The molecule has 16 heavy (non-hydrogen) atoms. The van der Waals surface area contributed by atoms with E-state index in [1.54, 1.807) is 0 Å². The SMILES string of the molecule is CN(CC1CCCO1)c1nnc(CCCl)o1. The van der Waals surface area contributed by atoms with E-state index < -0.39 is 0 Å². The summed E-state index contributed by atoms with van der Waals surface area (Å²) in [7, 11) is 1.93. The number of hydrogen-bond donors (Lipinski definition) is 0. The van der Waals surface area contributed by atoms with E-state index in [0.717, 1.165) is 26.0 Å². The van der Waals surface area contributed by atoms with Gasteiger partial charge in [0.1, 0.15) is 0 Å². The predicted molar refractivity (Wildman–Crippen MR) is 61.0 cm³/mol. The fourth-order valence-electron chi connectivity index (χ4n) is 1.75. The summed E-state index contributed by atoms with van der Waals surface area (Å²) < 4.78 is 11.0. The molecule has 0 saturated carbocycles. The lowest BCUT2D eigenvalue weighted by atomic mass is 10.2. The third-order valence-electron chi connectivity index (χ3n) is 2.59. The van der Waals surface area contributed by atoms with Crippen molar-refractivity contribution in [1.29, 1.82) is 0 Å². The van der Waals surface area contributed by atoms with Crippen LogP contribution in [0.2, 0.25) is 0 Å². The Morgan fingerprint density at radius 2 is 2.38 bits per heavy atom. The lowest BCUT2D eigenvalue weighted by molar-refractivity contribution is 0.115. The quantitative estimate of drug-likeness (QED) is 0.736. The van der Waals surface area contributed by atoms with Crippen LogP contribution in [-0.4, -0.2) is 42.4 Å². The lowest BCUT2D eigenvalue weighted by Crippen LogP contribution is -2.28. The molecule has 1 saturated heterocycles. The van der Waals surface area contributed by atoms with Gasteiger partial charge in [-0.2, -0.15) is 0 Å². The average molecular weight is 246 g/mol. The largest absolute Gasteiger partial charge is 0.408 e. The van der Waals surface area contributed by atoms with E-state index in [4.69, 9.17) is 20.8 Å². The zero-order valence-corrected chi connectivity index (χ0v) is 10.1. The van der Waals surface area contributed by atoms with Crippen LogP contribution in [0.25, 0.3) is 0 Å². The number of aryl methyl sites for hydroxylation is 1. The number of alkyl halides is 1. The first-order chi connectivity index (χ1) is 7.79. The minimum Gasteiger partial charge on any atom is -0.408 e. The molecule has 1 aromatic rings. The smallest absolute Gasteiger partial charge is 0.317 e. The zero-order chi connectivity index (χ0) is 11.4. The Morgan fingerprint density at radius 1 is 1.50 bits per heavy atom. The first-order valence-electron chi connectivity index (χ1n) is 5.50. The number of likely N-dealkylation sites (N-methyl/N-ethyl adjacent to an activating group) is 1. The van der Waals surface area contributed by atoms with E-state index >= 15 is 0 Å². The molecule has 1 unspecified atom stereocenters. The Kier molecular flexibility index (Phi) is 4.01. The molecule has 6 heteroatoms. The molecule has 0 N–H and O–H groups in total. The Bertz CT molecular complexity index is 326. The maximum absolute atomic E-state index is 5.60. The lowest BCUT2D eigenvalue weighted by Gasteiger charge is -2.17. The van der Waals surface area contributed by atoms with Gasteiger partial charge in [0.2, 0.25) is 5.89 Å². The summed E-state index contributed by atoms with van der Waals surface area (Å²) in [6.45, 7) is 1.66. The average Bonchev–Trinajstić information content (AvgIpc) is 2.89. The second-order valence-electron chi connectivity index (χ2n) is 3.93. The van der Waals surface area contributed by atoms with Crippen molar-refractivity contribution < 1.29 is 9.15 Å². The molecule has 2 heterocycles. The first kappa shape index (κ1) is 11.7. The van der Waals surface area contributed by atoms with Crippen molar-refractivity contribution in [3.05, 3.63) is 5.89 Å². The highest BCUT2D eigenvalue weighted by Crippen LogP contribution is 2.17. The van der Waals surface area contributed by atoms with Gasteiger partial charge >= 0.3 is 6.01 Å². The highest BCUT2D eigenvalue weighted by atomic mass is 35.5. The molecule has 90 valence electrons. The number of nitrogens with zero attached hydrogens (tertiary/aromatic N) is 3. The third-order valence-corrected chi connectivity index (χ3v) is 2.78. The molecular weight excluding hydrogens is 230 g/mol. The van der Waals surface area contributed by atoms with Gasteiger partial charge in [0.15, 0.2) is 0 Å². The molecule has 0 bridgehead atoms. The van der Waals surface area contributed by atoms with Crippen LogP contribution >= 0.6 is 11.6 Å². The van der Waals surface area contributed by atoms with Crippen molar-refractivity contribution in [2.75, 3.05) is 31.0 Å². The van der Waals surface area contributed by atoms with Crippen LogP contribution in [0.15, 0.2) is 4.42 Å². The first-order valence-corrected chi connectivity index (χ1v) is 6.04. The fourth-order valence-corrected chi connectivity index (χ4v) is 1.91. The summed E-state index contributed by atoms with van der Waals surface area (Å²) in [6, 6.07) is 0.538. The van der Waals surface area contributed by atoms with Gasteiger partial charge in [-0.25, -0.2) is 0 Å². The molecule has 1 atom stereocenters. The molecule has 0 amide bonds. The van der Waals surface area contributed by atoms with Crippen LogP contribution in [0.3, 0.4) is 0 Å². The minimum atomic E-state index is 0.286. The van der Waals surface area contributed by atoms with Gasteiger partial charge in [-0.05, 0) is 12.8 Å². The standard InChI is InChI=1S/C10H16ClN3O2/c1-14(7-8-3-2-6-15-8)10-13-12-9(16-10)4-5-11/h8H,2-7H2,1H3. The summed E-state index contributed by atoms with van der Waals surface area (Å²) in [5.74, 6) is 1.08. The van der Waals surface area contributed by atoms with Crippen LogP contribution in [0.5, 0.6) is 0 Å². The monoisotopic (exact) mass is 245 g/mol. The van der Waals surface area contributed by atoms with Gasteiger partial charge in [0.25, 0.3) is 0 Å². The van der Waals surface area contributed by atoms with Crippen molar-refractivity contribution >= 4 is 17.6 Å². The number of rotatable bonds is 5. The second kappa shape index (κ2) is 5.50. The van der Waals surface area contributed by atoms with E-state index in [1.165, 1.54) is 0 Å². The summed E-state index contributed by atoms with van der Waals surface area (Å²) in [5.41, 5.74) is 0. The van der Waals surface area contributed by atoms with Crippen molar-refractivity contribution in [3.8, 4) is 0 Å². The van der Waals surface area contributed by atoms with E-state index in [0.29, 0.717) is 24.2 Å². The number of ether oxygens (including phenoxy) is 1. The molecule has 2 rings (SSSR count). The molecular formula is C10H16ClN3O2. The van der Waals surface area contributed by atoms with E-state index in [9.17, 15) is 0 Å². The van der Waals surface area contributed by atoms with Crippen LogP contribution < -0.4 is 4.90 Å². The molecule has 0 radical (unpaired) electrons. The summed E-state index contributed by atoms with van der Waals surface area (Å²) >= 11 is 5.60. The van der Waals surface area contributed by atoms with Crippen molar-refractivity contribution in [3.63, 3.8) is 0 Å². The zero-order valence-electron chi connectivity index (χ0n) is 9.36. The van der Waals surface area contributed by atoms with Crippen LogP contribution in [-0.2, 0) is 11.2 Å². The highest BCUT2D eigenvalue weighted by molar-refractivity contribution is 6.17. The third kappa shape index (κ3) is 2.86. The molecule has 5 nitrogen and oxygen atoms in total. The number of aromatic nitrogens is 2. The Morgan fingerprint density at radius 3 is 3.06 bits per heavy atom. The van der Waals surface area contributed by atoms with Crippen molar-refractivity contribution in [2.45, 2.75) is 25.4 Å². The summed E-state index contributed by atoms with van der Waals surface area (Å²) in [4.78, 5) is 1.93. The highest BCUT2D eigenvalue weighted by Gasteiger charge is 2.20. The Balaban J connectivity index is 1.89. The molecule has 1 aromatic heterocycles. The van der Waals surface area contributed by atoms with Gasteiger partial charge in [0, 0.05) is 32.5 Å². The topological polar surface area (TPSA) is 51.4 Å². The van der Waals surface area contributed by atoms with Gasteiger partial charge in [0.05, 0.1) is 6.10 Å². The van der Waals surface area contributed by atoms with Crippen LogP contribution in [0, 0.1) is 0 Å². The maximum Gasteiger partial charge on any atom is 0.317 e. The number of anilines is 1. The summed E-state index contributed by atoms with van der Waals surface area (Å²) in [5, 5.41) is 7.89. The van der Waals surface area contributed by atoms with E-state index in [2.05, 4.69) is 10.2 Å². The number of halogens is 1. The van der Waals surface area contributed by atoms with E-state index in [1.807, 2.05) is 11.9 Å². The van der Waals surface area contributed by atoms with Gasteiger partial charge < -0.3 is 14.1 Å². The molecule has 1 aliphatic rings. The molecule has 1 aliphatic heterocycles. The van der Waals surface area contributed by atoms with Crippen molar-refractivity contribution in [2.24, 2.45) is 0 Å². The molecule has 0 aliphatic carbocycles. The maximum atomic E-state index is 5.60. The molecule has 1 fully saturated rings. The predicted octanol–water partition coefficient (Wildman–Crippen LogP) is 1.47. The second-order valence-corrected chi connectivity index (χ2v) is 4.31. The Labute approximate surface area is 99.7 Å². The molecule has 0 spiro atoms. The number of hydrogen-bond acceptors (Lipinski definition) is 5. The fraction of sp³-hybridized carbons (Fsp3) is 0.800. The van der Waals surface area contributed by atoms with Gasteiger partial charge in [-0.1, -0.05) is 5.10 Å². The van der Waals surface area contributed by atoms with Crippen LogP contribution in [0.1, 0.15) is 18.7 Å². The summed E-state index contributed by atoms with van der Waals surface area (Å²) in [6.07, 6.45) is 3.14. The van der Waals surface area contributed by atoms with Crippen molar-refractivity contribution in [1.82, 2.24) is 10.2 Å². The Hall–Kier alpha value is -0.810.